The third-order valence-electron chi connectivity index (χ3n) is 3.71. The van der Waals surface area contributed by atoms with Gasteiger partial charge in [-0.2, -0.15) is 0 Å². The first-order chi connectivity index (χ1) is 9.13. The molecule has 1 fully saturated rings. The van der Waals surface area contributed by atoms with E-state index in [9.17, 15) is 0 Å². The highest BCUT2D eigenvalue weighted by molar-refractivity contribution is 5.66. The summed E-state index contributed by atoms with van der Waals surface area (Å²) in [6.45, 7) is 9.67. The number of aryl methyl sites for hydroxylation is 2. The summed E-state index contributed by atoms with van der Waals surface area (Å²) in [5.74, 6) is 0.953. The summed E-state index contributed by atoms with van der Waals surface area (Å²) >= 11 is 0. The Hall–Kier alpha value is -1.26. The van der Waals surface area contributed by atoms with Crippen LogP contribution in [0.25, 0.3) is 0 Å². The molecule has 0 spiro atoms. The van der Waals surface area contributed by atoms with Gasteiger partial charge in [0.1, 0.15) is 5.75 Å². The van der Waals surface area contributed by atoms with Crippen LogP contribution in [0.1, 0.15) is 16.7 Å². The molecule has 0 saturated carbocycles. The Morgan fingerprint density at radius 1 is 1.37 bits per heavy atom. The lowest BCUT2D eigenvalue weighted by atomic mass is 10.0. The van der Waals surface area contributed by atoms with Gasteiger partial charge in [0.2, 0.25) is 0 Å². The van der Waals surface area contributed by atoms with Crippen LogP contribution < -0.4 is 15.4 Å². The molecule has 4 nitrogen and oxygen atoms in total. The zero-order valence-electron chi connectivity index (χ0n) is 12.3. The van der Waals surface area contributed by atoms with Crippen LogP contribution in [0.3, 0.4) is 0 Å². The maximum Gasteiger partial charge on any atom is 0.145 e. The number of nitrogens with one attached hydrogen (secondary N) is 2. The standard InChI is InChI=1S/C15H24N2O2/c1-10-7-11(2)14(15(18-4)12(10)3)17-8-13-9-19-6-5-16-13/h7,13,16-17H,5-6,8-9H2,1-4H3. The van der Waals surface area contributed by atoms with Crippen LogP contribution >= 0.6 is 0 Å². The van der Waals surface area contributed by atoms with Crippen molar-refractivity contribution in [3.05, 3.63) is 22.8 Å². The van der Waals surface area contributed by atoms with Crippen LogP contribution in [0.4, 0.5) is 5.69 Å². The number of methoxy groups -OCH3 is 1. The van der Waals surface area contributed by atoms with Crippen molar-refractivity contribution in [2.24, 2.45) is 0 Å². The molecule has 1 saturated heterocycles. The first-order valence-corrected chi connectivity index (χ1v) is 6.83. The van der Waals surface area contributed by atoms with E-state index in [0.717, 1.165) is 37.7 Å². The predicted octanol–water partition coefficient (Wildman–Crippen LogP) is 2.02. The number of anilines is 1. The van der Waals surface area contributed by atoms with E-state index >= 15 is 0 Å². The van der Waals surface area contributed by atoms with E-state index in [0.29, 0.717) is 6.04 Å². The van der Waals surface area contributed by atoms with E-state index in [2.05, 4.69) is 37.5 Å². The maximum absolute atomic E-state index is 5.56. The van der Waals surface area contributed by atoms with E-state index in [1.807, 2.05) is 0 Å². The van der Waals surface area contributed by atoms with Crippen molar-refractivity contribution in [2.75, 3.05) is 38.7 Å². The van der Waals surface area contributed by atoms with Crippen molar-refractivity contribution in [1.82, 2.24) is 5.32 Å². The summed E-state index contributed by atoms with van der Waals surface area (Å²) in [4.78, 5) is 0. The summed E-state index contributed by atoms with van der Waals surface area (Å²) in [7, 11) is 1.73. The van der Waals surface area contributed by atoms with Crippen molar-refractivity contribution < 1.29 is 9.47 Å². The van der Waals surface area contributed by atoms with E-state index in [4.69, 9.17) is 9.47 Å². The Kier molecular flexibility index (Phi) is 4.66. The van der Waals surface area contributed by atoms with Crippen LogP contribution in [0.5, 0.6) is 5.75 Å². The molecule has 2 N–H and O–H groups in total. The van der Waals surface area contributed by atoms with Crippen LogP contribution in [-0.2, 0) is 4.74 Å². The minimum atomic E-state index is 0.361. The van der Waals surface area contributed by atoms with Gasteiger partial charge in [-0.15, -0.1) is 0 Å². The van der Waals surface area contributed by atoms with Crippen molar-refractivity contribution in [2.45, 2.75) is 26.8 Å². The van der Waals surface area contributed by atoms with Gasteiger partial charge in [-0.3, -0.25) is 0 Å². The Morgan fingerprint density at radius 3 is 2.79 bits per heavy atom. The number of rotatable bonds is 4. The molecule has 0 aliphatic carbocycles. The molecule has 1 aromatic rings. The third-order valence-corrected chi connectivity index (χ3v) is 3.71. The second kappa shape index (κ2) is 6.26. The molecule has 1 atom stereocenters. The predicted molar refractivity (Wildman–Crippen MR) is 78.3 cm³/mol. The smallest absolute Gasteiger partial charge is 0.145 e. The van der Waals surface area contributed by atoms with E-state index in [1.54, 1.807) is 7.11 Å². The largest absolute Gasteiger partial charge is 0.494 e. The van der Waals surface area contributed by atoms with E-state index < -0.39 is 0 Å². The van der Waals surface area contributed by atoms with E-state index in [1.165, 1.54) is 16.7 Å². The zero-order chi connectivity index (χ0) is 13.8. The third kappa shape index (κ3) is 3.19. The van der Waals surface area contributed by atoms with Gasteiger partial charge in [0.15, 0.2) is 0 Å². The fourth-order valence-corrected chi connectivity index (χ4v) is 2.50. The SMILES string of the molecule is COc1c(C)c(C)cc(C)c1NCC1COCCN1. The number of hydrogen-bond donors (Lipinski definition) is 2. The normalized spacial score (nSPS) is 19.3. The monoisotopic (exact) mass is 264 g/mol. The highest BCUT2D eigenvalue weighted by Gasteiger charge is 2.16. The van der Waals surface area contributed by atoms with Crippen molar-refractivity contribution in [3.8, 4) is 5.75 Å². The van der Waals surface area contributed by atoms with Crippen LogP contribution in [0.15, 0.2) is 6.07 Å². The van der Waals surface area contributed by atoms with Crippen molar-refractivity contribution >= 4 is 5.69 Å². The fraction of sp³-hybridized carbons (Fsp3) is 0.600. The molecular formula is C15H24N2O2. The average molecular weight is 264 g/mol. The molecule has 4 heteroatoms. The average Bonchev–Trinajstić information content (AvgIpc) is 2.42. The molecule has 0 radical (unpaired) electrons. The maximum atomic E-state index is 5.56. The Balaban J connectivity index is 2.12. The second-order valence-electron chi connectivity index (χ2n) is 5.15. The molecule has 1 unspecified atom stereocenters. The molecule has 19 heavy (non-hydrogen) atoms. The molecule has 1 heterocycles. The molecule has 0 aromatic heterocycles. The summed E-state index contributed by atoms with van der Waals surface area (Å²) in [6, 6.07) is 2.56. The molecular weight excluding hydrogens is 240 g/mol. The summed E-state index contributed by atoms with van der Waals surface area (Å²) in [5, 5.41) is 6.95. The Morgan fingerprint density at radius 2 is 2.16 bits per heavy atom. The number of hydrogen-bond acceptors (Lipinski definition) is 4. The molecule has 1 aliphatic heterocycles. The lowest BCUT2D eigenvalue weighted by Gasteiger charge is -2.26. The van der Waals surface area contributed by atoms with Crippen LogP contribution in [0, 0.1) is 20.8 Å². The lowest BCUT2D eigenvalue weighted by Crippen LogP contribution is -2.45. The molecule has 0 amide bonds. The fourth-order valence-electron chi connectivity index (χ4n) is 2.50. The topological polar surface area (TPSA) is 42.5 Å². The minimum Gasteiger partial charge on any atom is -0.494 e. The number of morpholine rings is 1. The Labute approximate surface area is 115 Å². The molecule has 0 bridgehead atoms. The van der Waals surface area contributed by atoms with Gasteiger partial charge in [0.25, 0.3) is 0 Å². The van der Waals surface area contributed by atoms with Crippen LogP contribution in [-0.4, -0.2) is 39.5 Å². The zero-order valence-corrected chi connectivity index (χ0v) is 12.3. The van der Waals surface area contributed by atoms with Gasteiger partial charge in [-0.1, -0.05) is 6.07 Å². The summed E-state index contributed by atoms with van der Waals surface area (Å²) in [6.07, 6.45) is 0. The Bertz CT molecular complexity index is 440. The van der Waals surface area contributed by atoms with Gasteiger partial charge < -0.3 is 20.1 Å². The molecule has 2 rings (SSSR count). The highest BCUT2D eigenvalue weighted by atomic mass is 16.5. The molecule has 106 valence electrons. The number of ether oxygens (including phenoxy) is 2. The van der Waals surface area contributed by atoms with Crippen LogP contribution in [0.2, 0.25) is 0 Å². The quantitative estimate of drug-likeness (QED) is 0.873. The summed E-state index contributed by atoms with van der Waals surface area (Å²) < 4.78 is 11.0. The van der Waals surface area contributed by atoms with Crippen molar-refractivity contribution in [1.29, 1.82) is 0 Å². The molecule has 1 aromatic carbocycles. The van der Waals surface area contributed by atoms with Gasteiger partial charge >= 0.3 is 0 Å². The van der Waals surface area contributed by atoms with Gasteiger partial charge in [-0.05, 0) is 37.5 Å². The lowest BCUT2D eigenvalue weighted by molar-refractivity contribution is 0.0806. The van der Waals surface area contributed by atoms with Crippen molar-refractivity contribution in [3.63, 3.8) is 0 Å². The molecule has 1 aliphatic rings. The second-order valence-corrected chi connectivity index (χ2v) is 5.15. The number of benzene rings is 1. The van der Waals surface area contributed by atoms with E-state index in [-0.39, 0.29) is 0 Å². The van der Waals surface area contributed by atoms with Gasteiger partial charge in [-0.25, -0.2) is 0 Å². The highest BCUT2D eigenvalue weighted by Crippen LogP contribution is 2.34. The summed E-state index contributed by atoms with van der Waals surface area (Å²) in [5.41, 5.74) is 4.78. The first-order valence-electron chi connectivity index (χ1n) is 6.83. The minimum absolute atomic E-state index is 0.361. The van der Waals surface area contributed by atoms with Gasteiger partial charge in [0, 0.05) is 19.1 Å². The van der Waals surface area contributed by atoms with Gasteiger partial charge in [0.05, 0.1) is 26.0 Å². The first kappa shape index (κ1) is 14.2.